The van der Waals surface area contributed by atoms with Gasteiger partial charge in [-0.05, 0) is 17.5 Å². The highest BCUT2D eigenvalue weighted by Crippen LogP contribution is 2.18. The third-order valence-electron chi connectivity index (χ3n) is 3.49. The van der Waals surface area contributed by atoms with E-state index < -0.39 is 0 Å². The number of hydrogen-bond acceptors (Lipinski definition) is 0. The van der Waals surface area contributed by atoms with Gasteiger partial charge in [0, 0.05) is 25.0 Å². The Labute approximate surface area is 129 Å². The number of nitrogens with zero attached hydrogens (tertiary/aromatic N) is 1. The molecule has 0 bridgehead atoms. The number of halogens is 1. The zero-order valence-electron chi connectivity index (χ0n) is 12.5. The minimum Gasteiger partial charge on any atom is -1.00 e. The summed E-state index contributed by atoms with van der Waals surface area (Å²) in [7, 11) is 0. The smallest absolute Gasteiger partial charge is 0.181 e. The quantitative estimate of drug-likeness (QED) is 0.708. The van der Waals surface area contributed by atoms with Crippen LogP contribution in [0.1, 0.15) is 38.8 Å². The third-order valence-corrected chi connectivity index (χ3v) is 3.49. The van der Waals surface area contributed by atoms with Crippen molar-refractivity contribution in [3.05, 3.63) is 54.4 Å². The van der Waals surface area contributed by atoms with Crippen LogP contribution < -0.4 is 17.0 Å². The Balaban J connectivity index is 0.00000200. The van der Waals surface area contributed by atoms with Crippen molar-refractivity contribution < 1.29 is 17.0 Å². The number of aryl methyl sites for hydroxylation is 2. The largest absolute Gasteiger partial charge is 1.00 e. The van der Waals surface area contributed by atoms with Crippen molar-refractivity contribution in [2.75, 3.05) is 0 Å². The molecule has 0 aliphatic rings. The van der Waals surface area contributed by atoms with E-state index in [4.69, 9.17) is 0 Å². The lowest BCUT2D eigenvalue weighted by Crippen LogP contribution is -3.00. The van der Waals surface area contributed by atoms with E-state index in [0.717, 1.165) is 13.0 Å². The second kappa shape index (κ2) is 8.76. The van der Waals surface area contributed by atoms with Crippen LogP contribution in [0.5, 0.6) is 0 Å². The predicted molar refractivity (Wildman–Crippen MR) is 81.0 cm³/mol. The van der Waals surface area contributed by atoms with Gasteiger partial charge in [-0.1, -0.05) is 50.6 Å². The van der Waals surface area contributed by atoms with Crippen LogP contribution in [0.3, 0.4) is 0 Å². The van der Waals surface area contributed by atoms with Gasteiger partial charge in [0.25, 0.3) is 0 Å². The molecular weight excluding hydrogens is 266 g/mol. The Morgan fingerprint density at radius 1 is 0.900 bits per heavy atom. The van der Waals surface area contributed by atoms with Crippen molar-refractivity contribution in [1.29, 1.82) is 0 Å². The van der Waals surface area contributed by atoms with E-state index in [1.807, 2.05) is 0 Å². The van der Waals surface area contributed by atoms with Crippen LogP contribution >= 0.6 is 0 Å². The molecule has 1 nitrogen and oxygen atoms in total. The molecule has 1 aromatic carbocycles. The standard InChI is InChI=1S/C18H24N.ClH/c1-3-5-13-19-14-12-17(15-18(19)9-4-2)16-10-7-6-8-11-16;/h6-8,10-12,14-15H,3-5,9,13H2,1-2H3;1H/q+1;/p-1. The van der Waals surface area contributed by atoms with Crippen LogP contribution in [0.2, 0.25) is 0 Å². The molecule has 0 aliphatic heterocycles. The van der Waals surface area contributed by atoms with Crippen molar-refractivity contribution in [2.45, 2.75) is 46.1 Å². The lowest BCUT2D eigenvalue weighted by Gasteiger charge is -2.06. The maximum absolute atomic E-state index is 2.42. The Morgan fingerprint density at radius 2 is 1.65 bits per heavy atom. The van der Waals surface area contributed by atoms with Crippen molar-refractivity contribution >= 4 is 0 Å². The van der Waals surface area contributed by atoms with Gasteiger partial charge in [0.05, 0.1) is 0 Å². The highest BCUT2D eigenvalue weighted by molar-refractivity contribution is 5.62. The van der Waals surface area contributed by atoms with E-state index in [0.29, 0.717) is 0 Å². The van der Waals surface area contributed by atoms with Crippen molar-refractivity contribution in [2.24, 2.45) is 0 Å². The molecule has 0 amide bonds. The first-order valence-electron chi connectivity index (χ1n) is 7.43. The molecule has 0 atom stereocenters. The molecule has 0 saturated carbocycles. The Hall–Kier alpha value is -1.34. The summed E-state index contributed by atoms with van der Waals surface area (Å²) in [6.07, 6.45) is 7.11. The van der Waals surface area contributed by atoms with Crippen molar-refractivity contribution in [3.8, 4) is 11.1 Å². The van der Waals surface area contributed by atoms with E-state index in [9.17, 15) is 0 Å². The maximum Gasteiger partial charge on any atom is 0.181 e. The summed E-state index contributed by atoms with van der Waals surface area (Å²) in [5.41, 5.74) is 4.09. The van der Waals surface area contributed by atoms with Gasteiger partial charge in [0.2, 0.25) is 0 Å². The minimum absolute atomic E-state index is 0. The summed E-state index contributed by atoms with van der Waals surface area (Å²) in [5.74, 6) is 0. The fourth-order valence-electron chi connectivity index (χ4n) is 2.41. The molecule has 0 saturated heterocycles. The average Bonchev–Trinajstić information content (AvgIpc) is 2.47. The van der Waals surface area contributed by atoms with E-state index >= 15 is 0 Å². The normalized spacial score (nSPS) is 10.1. The zero-order chi connectivity index (χ0) is 13.5. The number of hydrogen-bond donors (Lipinski definition) is 0. The van der Waals surface area contributed by atoms with Gasteiger partial charge in [-0.3, -0.25) is 0 Å². The van der Waals surface area contributed by atoms with Gasteiger partial charge >= 0.3 is 0 Å². The fraction of sp³-hybridized carbons (Fsp3) is 0.389. The van der Waals surface area contributed by atoms with Crippen LogP contribution in [0.4, 0.5) is 0 Å². The van der Waals surface area contributed by atoms with Gasteiger partial charge in [0.1, 0.15) is 6.54 Å². The van der Waals surface area contributed by atoms with Crippen LogP contribution in [0.25, 0.3) is 11.1 Å². The Morgan fingerprint density at radius 3 is 2.30 bits per heavy atom. The topological polar surface area (TPSA) is 3.88 Å². The number of pyridine rings is 1. The number of aromatic nitrogens is 1. The second-order valence-corrected chi connectivity index (χ2v) is 5.07. The molecule has 1 aromatic heterocycles. The van der Waals surface area contributed by atoms with Gasteiger partial charge in [0.15, 0.2) is 11.9 Å². The van der Waals surface area contributed by atoms with Gasteiger partial charge in [-0.25, -0.2) is 4.57 Å². The lowest BCUT2D eigenvalue weighted by molar-refractivity contribution is -0.704. The van der Waals surface area contributed by atoms with Crippen LogP contribution in [-0.4, -0.2) is 0 Å². The Kier molecular flexibility index (Phi) is 7.32. The molecule has 0 aliphatic carbocycles. The second-order valence-electron chi connectivity index (χ2n) is 5.07. The molecule has 2 aromatic rings. The van der Waals surface area contributed by atoms with Gasteiger partial charge in [-0.2, -0.15) is 0 Å². The molecule has 2 heteroatoms. The molecule has 20 heavy (non-hydrogen) atoms. The van der Waals surface area contributed by atoms with E-state index in [2.05, 4.69) is 67.1 Å². The van der Waals surface area contributed by atoms with E-state index in [1.54, 1.807) is 0 Å². The molecular formula is C18H24ClN. The number of benzene rings is 1. The first-order chi connectivity index (χ1) is 9.35. The van der Waals surface area contributed by atoms with Gasteiger partial charge in [-0.15, -0.1) is 0 Å². The SMILES string of the molecule is CCCC[n+]1ccc(-c2ccccc2)cc1CCC.[Cl-]. The molecule has 0 radical (unpaired) electrons. The zero-order valence-corrected chi connectivity index (χ0v) is 13.2. The Bertz CT molecular complexity index is 508. The molecule has 108 valence electrons. The monoisotopic (exact) mass is 289 g/mol. The average molecular weight is 290 g/mol. The van der Waals surface area contributed by atoms with E-state index in [-0.39, 0.29) is 12.4 Å². The van der Waals surface area contributed by atoms with Crippen LogP contribution in [0, 0.1) is 0 Å². The first kappa shape index (κ1) is 16.7. The van der Waals surface area contributed by atoms with Crippen molar-refractivity contribution in [3.63, 3.8) is 0 Å². The first-order valence-corrected chi connectivity index (χ1v) is 7.43. The summed E-state index contributed by atoms with van der Waals surface area (Å²) in [5, 5.41) is 0. The molecule has 1 heterocycles. The minimum atomic E-state index is 0. The third kappa shape index (κ3) is 4.35. The van der Waals surface area contributed by atoms with Crippen molar-refractivity contribution in [1.82, 2.24) is 0 Å². The summed E-state index contributed by atoms with van der Waals surface area (Å²) in [6.45, 7) is 5.64. The summed E-state index contributed by atoms with van der Waals surface area (Å²) in [4.78, 5) is 0. The van der Waals surface area contributed by atoms with E-state index in [1.165, 1.54) is 36.1 Å². The molecule has 0 spiro atoms. The molecule has 2 rings (SSSR count). The summed E-state index contributed by atoms with van der Waals surface area (Å²) in [6, 6.07) is 15.2. The number of unbranched alkanes of at least 4 members (excludes halogenated alkanes) is 1. The summed E-state index contributed by atoms with van der Waals surface area (Å²) < 4.78 is 2.42. The number of rotatable bonds is 6. The maximum atomic E-state index is 2.42. The summed E-state index contributed by atoms with van der Waals surface area (Å²) >= 11 is 0. The fourth-order valence-corrected chi connectivity index (χ4v) is 2.41. The molecule has 0 N–H and O–H groups in total. The van der Waals surface area contributed by atoms with Crippen LogP contribution in [-0.2, 0) is 13.0 Å². The lowest BCUT2D eigenvalue weighted by atomic mass is 10.0. The predicted octanol–water partition coefficient (Wildman–Crippen LogP) is 1.40. The van der Waals surface area contributed by atoms with Crippen LogP contribution in [0.15, 0.2) is 48.7 Å². The molecule has 0 unspecified atom stereocenters. The highest BCUT2D eigenvalue weighted by Gasteiger charge is 2.11. The molecule has 0 fully saturated rings. The van der Waals surface area contributed by atoms with Gasteiger partial charge < -0.3 is 12.4 Å². The highest BCUT2D eigenvalue weighted by atomic mass is 35.5.